The number of amides is 2. The van der Waals surface area contributed by atoms with Crippen LogP contribution < -0.4 is 4.90 Å². The van der Waals surface area contributed by atoms with Gasteiger partial charge in [-0.05, 0) is 40.8 Å². The van der Waals surface area contributed by atoms with Crippen molar-refractivity contribution in [3.63, 3.8) is 0 Å². The lowest BCUT2D eigenvalue weighted by molar-refractivity contribution is -0.121. The van der Waals surface area contributed by atoms with Crippen LogP contribution in [-0.4, -0.2) is 22.9 Å². The third-order valence-corrected chi connectivity index (χ3v) is 3.15. The van der Waals surface area contributed by atoms with Gasteiger partial charge in [-0.1, -0.05) is 0 Å². The smallest absolute Gasteiger partial charge is 0.337 e. The number of hydrogen-bond donors (Lipinski definition) is 1. The number of carbonyl (C=O) groups is 3. The van der Waals surface area contributed by atoms with E-state index >= 15 is 0 Å². The molecule has 88 valence electrons. The van der Waals surface area contributed by atoms with Gasteiger partial charge in [-0.25, -0.2) is 9.69 Å². The fraction of sp³-hybridized carbons (Fsp3) is 0.182. The summed E-state index contributed by atoms with van der Waals surface area (Å²) in [5.41, 5.74) is 0.130. The first kappa shape index (κ1) is 12.0. The molecule has 0 aliphatic carbocycles. The van der Waals surface area contributed by atoms with E-state index in [0.29, 0.717) is 0 Å². The Morgan fingerprint density at radius 3 is 2.35 bits per heavy atom. The number of anilines is 1. The van der Waals surface area contributed by atoms with Gasteiger partial charge < -0.3 is 5.11 Å². The van der Waals surface area contributed by atoms with Crippen molar-refractivity contribution < 1.29 is 19.5 Å². The maximum atomic E-state index is 11.6. The third-order valence-electron chi connectivity index (χ3n) is 2.48. The molecule has 1 aromatic carbocycles. The van der Waals surface area contributed by atoms with E-state index in [1.165, 1.54) is 12.1 Å². The van der Waals surface area contributed by atoms with Crippen LogP contribution in [0.4, 0.5) is 5.69 Å². The van der Waals surface area contributed by atoms with Crippen molar-refractivity contribution in [3.05, 3.63) is 27.3 Å². The normalized spacial score (nSPS) is 15.5. The monoisotopic (exact) mass is 345 g/mol. The lowest BCUT2D eigenvalue weighted by Crippen LogP contribution is -2.30. The number of nitrogens with zero attached hydrogens (tertiary/aromatic N) is 1. The molecular weight excluding hydrogens is 337 g/mol. The molecule has 0 atom stereocenters. The summed E-state index contributed by atoms with van der Waals surface area (Å²) in [5.74, 6) is -1.84. The molecule has 0 radical (unpaired) electrons. The number of benzene rings is 1. The van der Waals surface area contributed by atoms with Crippen LogP contribution in [0.1, 0.15) is 23.2 Å². The molecule has 1 aromatic rings. The molecule has 1 N–H and O–H groups in total. The van der Waals surface area contributed by atoms with Gasteiger partial charge in [0, 0.05) is 16.4 Å². The standard InChI is InChI=1S/C11H8INO4/c12-6-1-2-8(7(5-6)11(16)17)13-9(14)3-4-10(13)15/h1-2,5H,3-4H2,(H,16,17). The van der Waals surface area contributed by atoms with E-state index in [-0.39, 0.29) is 35.9 Å². The van der Waals surface area contributed by atoms with Crippen molar-refractivity contribution in [2.24, 2.45) is 0 Å². The highest BCUT2D eigenvalue weighted by Gasteiger charge is 2.32. The molecule has 0 aromatic heterocycles. The van der Waals surface area contributed by atoms with Crippen LogP contribution in [0.5, 0.6) is 0 Å². The van der Waals surface area contributed by atoms with E-state index in [2.05, 4.69) is 0 Å². The lowest BCUT2D eigenvalue weighted by atomic mass is 10.1. The number of hydrogen-bond acceptors (Lipinski definition) is 3. The Morgan fingerprint density at radius 1 is 1.24 bits per heavy atom. The Kier molecular flexibility index (Phi) is 3.14. The molecule has 1 aliphatic rings. The average molecular weight is 345 g/mol. The Balaban J connectivity index is 2.55. The number of imide groups is 1. The van der Waals surface area contributed by atoms with Crippen molar-refractivity contribution in [2.75, 3.05) is 4.90 Å². The van der Waals surface area contributed by atoms with Gasteiger partial charge in [0.25, 0.3) is 0 Å². The minimum atomic E-state index is -1.15. The number of halogens is 1. The summed E-state index contributed by atoms with van der Waals surface area (Å²) in [4.78, 5) is 35.2. The highest BCUT2D eigenvalue weighted by atomic mass is 127. The minimum absolute atomic E-state index is 0.0273. The molecule has 2 amide bonds. The van der Waals surface area contributed by atoms with E-state index in [9.17, 15) is 14.4 Å². The molecule has 1 heterocycles. The maximum Gasteiger partial charge on any atom is 0.337 e. The maximum absolute atomic E-state index is 11.6. The average Bonchev–Trinajstić information content (AvgIpc) is 2.59. The van der Waals surface area contributed by atoms with Gasteiger partial charge >= 0.3 is 5.97 Å². The molecule has 6 heteroatoms. The first-order chi connectivity index (χ1) is 8.00. The van der Waals surface area contributed by atoms with Crippen LogP contribution >= 0.6 is 22.6 Å². The van der Waals surface area contributed by atoms with E-state index in [0.717, 1.165) is 8.47 Å². The fourth-order valence-electron chi connectivity index (χ4n) is 1.72. The van der Waals surface area contributed by atoms with Crippen molar-refractivity contribution in [3.8, 4) is 0 Å². The molecule has 2 rings (SSSR count). The Labute approximate surface area is 111 Å². The van der Waals surface area contributed by atoms with Crippen LogP contribution in [0.3, 0.4) is 0 Å². The number of rotatable bonds is 2. The highest BCUT2D eigenvalue weighted by Crippen LogP contribution is 2.27. The first-order valence-electron chi connectivity index (χ1n) is 4.89. The number of carboxylic acid groups (broad SMARTS) is 1. The summed E-state index contributed by atoms with van der Waals surface area (Å²) in [6.07, 6.45) is 0.285. The summed E-state index contributed by atoms with van der Waals surface area (Å²) in [7, 11) is 0. The van der Waals surface area contributed by atoms with Gasteiger partial charge in [-0.15, -0.1) is 0 Å². The van der Waals surface area contributed by atoms with Crippen molar-refractivity contribution >= 4 is 46.1 Å². The summed E-state index contributed by atoms with van der Waals surface area (Å²) in [6, 6.07) is 4.60. The van der Waals surface area contributed by atoms with E-state index in [4.69, 9.17) is 5.11 Å². The lowest BCUT2D eigenvalue weighted by Gasteiger charge is -2.16. The summed E-state index contributed by atoms with van der Waals surface area (Å²) >= 11 is 1.98. The number of carbonyl (C=O) groups excluding carboxylic acids is 2. The van der Waals surface area contributed by atoms with Crippen molar-refractivity contribution in [1.82, 2.24) is 0 Å². The number of carboxylic acids is 1. The van der Waals surface area contributed by atoms with Crippen LogP contribution in [0.2, 0.25) is 0 Å². The first-order valence-corrected chi connectivity index (χ1v) is 5.97. The Bertz CT molecular complexity index is 510. The second-order valence-corrected chi connectivity index (χ2v) is 4.84. The minimum Gasteiger partial charge on any atom is -0.478 e. The summed E-state index contributed by atoms with van der Waals surface area (Å²) in [6.45, 7) is 0. The van der Waals surface area contributed by atoms with Gasteiger partial charge in [0.05, 0.1) is 11.3 Å². The molecule has 1 saturated heterocycles. The Morgan fingerprint density at radius 2 is 1.82 bits per heavy atom. The molecule has 0 spiro atoms. The predicted molar refractivity (Wildman–Crippen MR) is 67.8 cm³/mol. The molecule has 1 fully saturated rings. The fourth-order valence-corrected chi connectivity index (χ4v) is 2.21. The van der Waals surface area contributed by atoms with Crippen LogP contribution in [0.15, 0.2) is 18.2 Å². The zero-order valence-electron chi connectivity index (χ0n) is 8.64. The molecule has 1 aliphatic heterocycles. The SMILES string of the molecule is O=C(O)c1cc(I)ccc1N1C(=O)CCC1=O. The second kappa shape index (κ2) is 4.44. The zero-order valence-corrected chi connectivity index (χ0v) is 10.8. The molecular formula is C11H8INO4. The number of aromatic carboxylic acids is 1. The van der Waals surface area contributed by atoms with Gasteiger partial charge in [-0.2, -0.15) is 0 Å². The van der Waals surface area contributed by atoms with Crippen LogP contribution in [0.25, 0.3) is 0 Å². The third kappa shape index (κ3) is 2.17. The molecule has 0 saturated carbocycles. The van der Waals surface area contributed by atoms with Crippen LogP contribution in [0, 0.1) is 3.57 Å². The van der Waals surface area contributed by atoms with Gasteiger partial charge in [0.1, 0.15) is 0 Å². The van der Waals surface area contributed by atoms with Gasteiger partial charge in [0.2, 0.25) is 11.8 Å². The molecule has 0 unspecified atom stereocenters. The van der Waals surface area contributed by atoms with E-state index < -0.39 is 5.97 Å². The van der Waals surface area contributed by atoms with Crippen molar-refractivity contribution in [2.45, 2.75) is 12.8 Å². The Hall–Kier alpha value is -1.44. The van der Waals surface area contributed by atoms with Crippen LogP contribution in [-0.2, 0) is 9.59 Å². The highest BCUT2D eigenvalue weighted by molar-refractivity contribution is 14.1. The van der Waals surface area contributed by atoms with E-state index in [1.807, 2.05) is 22.6 Å². The topological polar surface area (TPSA) is 74.7 Å². The van der Waals surface area contributed by atoms with Gasteiger partial charge in [0.15, 0.2) is 0 Å². The quantitative estimate of drug-likeness (QED) is 0.653. The molecule has 0 bridgehead atoms. The largest absolute Gasteiger partial charge is 0.478 e. The van der Waals surface area contributed by atoms with Gasteiger partial charge in [-0.3, -0.25) is 9.59 Å². The summed E-state index contributed by atoms with van der Waals surface area (Å²) in [5, 5.41) is 9.07. The predicted octanol–water partition coefficient (Wildman–Crippen LogP) is 1.64. The molecule has 5 nitrogen and oxygen atoms in total. The van der Waals surface area contributed by atoms with E-state index in [1.54, 1.807) is 6.07 Å². The van der Waals surface area contributed by atoms with Crippen molar-refractivity contribution in [1.29, 1.82) is 0 Å². The second-order valence-electron chi connectivity index (χ2n) is 3.59. The summed E-state index contributed by atoms with van der Waals surface area (Å²) < 4.78 is 0.739. The zero-order chi connectivity index (χ0) is 12.6. The molecule has 17 heavy (non-hydrogen) atoms.